The van der Waals surface area contributed by atoms with Crippen LogP contribution in [0.25, 0.3) is 5.52 Å². The number of amides is 1. The molecule has 2 N–H and O–H groups in total. The van der Waals surface area contributed by atoms with Gasteiger partial charge >= 0.3 is 5.69 Å². The predicted molar refractivity (Wildman–Crippen MR) is 115 cm³/mol. The van der Waals surface area contributed by atoms with Crippen molar-refractivity contribution in [3.63, 3.8) is 0 Å². The standard InChI is InChI=1S/C22H22N8O2/c23-9-13-5-7-30-18(8-13)16(10-24-30)20-26-19-17(25-22(32)27-19)12-29(20)15-2-1-6-28(11-15)21(31)14-3-4-14/h5,7-8,10,14-15H,1-4,6,11-12H2,(H2,25,27,32). The van der Waals surface area contributed by atoms with Gasteiger partial charge in [0.25, 0.3) is 0 Å². The van der Waals surface area contributed by atoms with Crippen molar-refractivity contribution in [2.75, 3.05) is 13.1 Å². The highest BCUT2D eigenvalue weighted by Crippen LogP contribution is 2.34. The van der Waals surface area contributed by atoms with Gasteiger partial charge in [-0.25, -0.2) is 14.3 Å². The number of pyridine rings is 1. The van der Waals surface area contributed by atoms with E-state index in [9.17, 15) is 14.9 Å². The van der Waals surface area contributed by atoms with Gasteiger partial charge < -0.3 is 14.8 Å². The van der Waals surface area contributed by atoms with Crippen LogP contribution in [-0.2, 0) is 11.3 Å². The molecule has 1 atom stereocenters. The molecule has 10 nitrogen and oxygen atoms in total. The number of fused-ring (bicyclic) bond motifs is 2. The first kappa shape index (κ1) is 18.9. The fourth-order valence-corrected chi connectivity index (χ4v) is 4.77. The van der Waals surface area contributed by atoms with Crippen LogP contribution in [0.1, 0.15) is 42.5 Å². The molecular weight excluding hydrogens is 408 g/mol. The lowest BCUT2D eigenvalue weighted by atomic mass is 10.0. The largest absolute Gasteiger partial charge is 0.345 e. The van der Waals surface area contributed by atoms with Gasteiger partial charge in [0, 0.05) is 31.2 Å². The molecule has 162 valence electrons. The number of aromatic amines is 2. The minimum atomic E-state index is -0.291. The van der Waals surface area contributed by atoms with Crippen LogP contribution < -0.4 is 5.69 Å². The van der Waals surface area contributed by atoms with E-state index >= 15 is 0 Å². The number of H-pyrrole nitrogens is 2. The van der Waals surface area contributed by atoms with E-state index in [0.29, 0.717) is 30.3 Å². The summed E-state index contributed by atoms with van der Waals surface area (Å²) >= 11 is 0. The number of piperidine rings is 1. The van der Waals surface area contributed by atoms with Gasteiger partial charge in [0.1, 0.15) is 5.84 Å². The number of imidazole rings is 1. The molecule has 0 aromatic carbocycles. The van der Waals surface area contributed by atoms with E-state index in [0.717, 1.165) is 49.0 Å². The average Bonchev–Trinajstić information content (AvgIpc) is 3.48. The highest BCUT2D eigenvalue weighted by Gasteiger charge is 2.38. The Hall–Kier alpha value is -3.87. The topological polar surface area (TPSA) is 126 Å². The molecule has 3 aromatic heterocycles. The quantitative estimate of drug-likeness (QED) is 0.652. The van der Waals surface area contributed by atoms with Crippen LogP contribution in [0.5, 0.6) is 0 Å². The lowest BCUT2D eigenvalue weighted by molar-refractivity contribution is -0.134. The number of carbonyl (C=O) groups is 1. The number of amidine groups is 1. The van der Waals surface area contributed by atoms with Crippen LogP contribution in [0.2, 0.25) is 0 Å². The Bertz CT molecular complexity index is 1350. The SMILES string of the molecule is N#Cc1ccn2ncc(C3=Nc4[nH]c(=O)[nH]c4CN3C3CCCN(C(=O)C4CC4)C3)c2c1. The van der Waals surface area contributed by atoms with Crippen LogP contribution in [0.3, 0.4) is 0 Å². The number of rotatable bonds is 3. The molecule has 0 bridgehead atoms. The Morgan fingerprint density at radius 1 is 1.25 bits per heavy atom. The van der Waals surface area contributed by atoms with Crippen molar-refractivity contribution < 1.29 is 4.79 Å². The molecule has 1 saturated carbocycles. The summed E-state index contributed by atoms with van der Waals surface area (Å²) in [6, 6.07) is 5.76. The second-order valence-corrected chi connectivity index (χ2v) is 8.74. The van der Waals surface area contributed by atoms with E-state index in [1.165, 1.54) is 0 Å². The van der Waals surface area contributed by atoms with Crippen molar-refractivity contribution in [3.8, 4) is 6.07 Å². The van der Waals surface area contributed by atoms with Gasteiger partial charge in [-0.1, -0.05) is 0 Å². The van der Waals surface area contributed by atoms with E-state index in [-0.39, 0.29) is 23.6 Å². The summed E-state index contributed by atoms with van der Waals surface area (Å²) in [5.41, 5.74) is 2.55. The second-order valence-electron chi connectivity index (χ2n) is 8.74. The minimum absolute atomic E-state index is 0.0749. The Morgan fingerprint density at radius 2 is 2.12 bits per heavy atom. The summed E-state index contributed by atoms with van der Waals surface area (Å²) in [5.74, 6) is 1.66. The van der Waals surface area contributed by atoms with Crippen LogP contribution in [0.15, 0.2) is 34.3 Å². The van der Waals surface area contributed by atoms with Crippen LogP contribution in [-0.4, -0.2) is 60.3 Å². The zero-order valence-electron chi connectivity index (χ0n) is 17.4. The third kappa shape index (κ3) is 3.09. The molecule has 2 fully saturated rings. The third-order valence-corrected chi connectivity index (χ3v) is 6.57. The molecule has 0 radical (unpaired) electrons. The van der Waals surface area contributed by atoms with Gasteiger partial charge in [-0.3, -0.25) is 9.78 Å². The highest BCUT2D eigenvalue weighted by molar-refractivity contribution is 6.06. The molecule has 1 unspecified atom stereocenters. The monoisotopic (exact) mass is 430 g/mol. The summed E-state index contributed by atoms with van der Waals surface area (Å²) in [5, 5.41) is 13.8. The Labute approximate surface area is 183 Å². The van der Waals surface area contributed by atoms with E-state index in [1.807, 2.05) is 4.90 Å². The second kappa shape index (κ2) is 7.09. The fourth-order valence-electron chi connectivity index (χ4n) is 4.77. The molecular formula is C22H22N8O2. The molecule has 1 saturated heterocycles. The van der Waals surface area contributed by atoms with Crippen molar-refractivity contribution in [2.45, 2.75) is 38.3 Å². The zero-order chi connectivity index (χ0) is 21.8. The molecule has 3 aromatic rings. The van der Waals surface area contributed by atoms with E-state index < -0.39 is 0 Å². The first-order valence-corrected chi connectivity index (χ1v) is 10.9. The van der Waals surface area contributed by atoms with Crippen molar-refractivity contribution in [2.24, 2.45) is 10.9 Å². The van der Waals surface area contributed by atoms with Gasteiger partial charge in [-0.15, -0.1) is 0 Å². The van der Waals surface area contributed by atoms with Crippen molar-refractivity contribution in [1.82, 2.24) is 29.4 Å². The molecule has 3 aliphatic rings. The molecule has 0 spiro atoms. The molecule has 5 heterocycles. The van der Waals surface area contributed by atoms with Crippen molar-refractivity contribution in [1.29, 1.82) is 5.26 Å². The Morgan fingerprint density at radius 3 is 2.94 bits per heavy atom. The maximum atomic E-state index is 12.7. The summed E-state index contributed by atoms with van der Waals surface area (Å²) in [6.45, 7) is 1.92. The first-order chi connectivity index (χ1) is 15.6. The lowest BCUT2D eigenvalue weighted by Crippen LogP contribution is -2.52. The summed E-state index contributed by atoms with van der Waals surface area (Å²) in [6.07, 6.45) is 7.35. The van der Waals surface area contributed by atoms with Gasteiger partial charge in [-0.05, 0) is 37.8 Å². The summed E-state index contributed by atoms with van der Waals surface area (Å²) in [7, 11) is 0. The Balaban J connectivity index is 1.42. The van der Waals surface area contributed by atoms with E-state index in [2.05, 4.69) is 26.0 Å². The highest BCUT2D eigenvalue weighted by atomic mass is 16.2. The summed E-state index contributed by atoms with van der Waals surface area (Å²) in [4.78, 5) is 39.3. The smallest absolute Gasteiger partial charge is 0.324 e. The maximum absolute atomic E-state index is 12.7. The molecule has 1 aliphatic carbocycles. The fraction of sp³-hybridized carbons (Fsp3) is 0.409. The summed E-state index contributed by atoms with van der Waals surface area (Å²) < 4.78 is 1.72. The van der Waals surface area contributed by atoms with Crippen molar-refractivity contribution >= 4 is 23.1 Å². The number of nitrogens with zero attached hydrogens (tertiary/aromatic N) is 6. The van der Waals surface area contributed by atoms with Gasteiger partial charge in [-0.2, -0.15) is 10.4 Å². The average molecular weight is 430 g/mol. The third-order valence-electron chi connectivity index (χ3n) is 6.57. The molecule has 6 rings (SSSR count). The van der Waals surface area contributed by atoms with Gasteiger partial charge in [0.15, 0.2) is 5.82 Å². The van der Waals surface area contributed by atoms with Gasteiger partial charge in [0.2, 0.25) is 5.91 Å². The Kier molecular flexibility index (Phi) is 4.18. The van der Waals surface area contributed by atoms with E-state index in [4.69, 9.17) is 4.99 Å². The number of hydrogen-bond acceptors (Lipinski definition) is 6. The maximum Gasteiger partial charge on any atom is 0.324 e. The van der Waals surface area contributed by atoms with Crippen LogP contribution in [0, 0.1) is 17.2 Å². The van der Waals surface area contributed by atoms with E-state index in [1.54, 1.807) is 29.0 Å². The lowest BCUT2D eigenvalue weighted by Gasteiger charge is -2.41. The number of aliphatic imine (C=N–C) groups is 1. The zero-order valence-corrected chi connectivity index (χ0v) is 17.4. The number of hydrogen-bond donors (Lipinski definition) is 2. The van der Waals surface area contributed by atoms with Crippen LogP contribution in [0.4, 0.5) is 5.82 Å². The predicted octanol–water partition coefficient (Wildman–Crippen LogP) is 1.52. The minimum Gasteiger partial charge on any atom is -0.345 e. The number of nitriles is 1. The number of carbonyl (C=O) groups excluding carboxylic acids is 1. The molecule has 32 heavy (non-hydrogen) atoms. The number of nitrogens with one attached hydrogen (secondary N) is 2. The molecule has 10 heteroatoms. The molecule has 1 amide bonds. The number of aromatic nitrogens is 4. The normalized spacial score (nSPS) is 20.7. The van der Waals surface area contributed by atoms with Crippen molar-refractivity contribution in [3.05, 3.63) is 51.8 Å². The molecule has 2 aliphatic heterocycles. The van der Waals surface area contributed by atoms with Gasteiger partial charge in [0.05, 0.1) is 41.1 Å². The van der Waals surface area contributed by atoms with Crippen LogP contribution >= 0.6 is 0 Å². The number of likely N-dealkylation sites (tertiary alicyclic amines) is 1. The first-order valence-electron chi connectivity index (χ1n) is 10.9.